The van der Waals surface area contributed by atoms with Gasteiger partial charge in [0.25, 0.3) is 0 Å². The van der Waals surface area contributed by atoms with Gasteiger partial charge in [0, 0.05) is 17.1 Å². The first-order chi connectivity index (χ1) is 11.0. The van der Waals surface area contributed by atoms with Crippen molar-refractivity contribution in [3.05, 3.63) is 34.3 Å². The van der Waals surface area contributed by atoms with Crippen LogP contribution in [0.4, 0.5) is 0 Å². The fraction of sp³-hybridized carbons (Fsp3) is 0.632. The van der Waals surface area contributed by atoms with E-state index in [0.717, 1.165) is 48.4 Å². The van der Waals surface area contributed by atoms with Gasteiger partial charge in [-0.1, -0.05) is 35.0 Å². The number of amides is 1. The Morgan fingerprint density at radius 1 is 1.30 bits per heavy atom. The highest BCUT2D eigenvalue weighted by atomic mass is 79.9. The molecule has 0 aromatic heterocycles. The van der Waals surface area contributed by atoms with Crippen molar-refractivity contribution in [3.63, 3.8) is 0 Å². The van der Waals surface area contributed by atoms with Crippen LogP contribution in [-0.2, 0) is 10.2 Å². The predicted octanol–water partition coefficient (Wildman–Crippen LogP) is 3.72. The molecule has 23 heavy (non-hydrogen) atoms. The van der Waals surface area contributed by atoms with E-state index in [2.05, 4.69) is 52.1 Å². The number of nitrogens with zero attached hydrogens (tertiary/aromatic N) is 1. The van der Waals surface area contributed by atoms with E-state index in [1.807, 2.05) is 12.1 Å². The zero-order valence-corrected chi connectivity index (χ0v) is 15.7. The Balaban J connectivity index is 1.54. The molecule has 1 saturated heterocycles. The van der Waals surface area contributed by atoms with Crippen molar-refractivity contribution in [2.24, 2.45) is 5.92 Å². The van der Waals surface area contributed by atoms with E-state index in [4.69, 9.17) is 0 Å². The van der Waals surface area contributed by atoms with Crippen LogP contribution in [0.25, 0.3) is 0 Å². The SMILES string of the molecule is CC1CCN([C@@H](C)CNC(=O)C2(c3ccc(Br)cc3)CC2)CC1. The van der Waals surface area contributed by atoms with Gasteiger partial charge in [-0.2, -0.15) is 0 Å². The Bertz CT molecular complexity index is 545. The first-order valence-electron chi connectivity index (χ1n) is 8.80. The van der Waals surface area contributed by atoms with Gasteiger partial charge in [-0.3, -0.25) is 9.69 Å². The van der Waals surface area contributed by atoms with Crippen LogP contribution < -0.4 is 5.32 Å². The summed E-state index contributed by atoms with van der Waals surface area (Å²) in [5.74, 6) is 1.05. The van der Waals surface area contributed by atoms with E-state index in [9.17, 15) is 4.79 Å². The molecular weight excluding hydrogens is 352 g/mol. The smallest absolute Gasteiger partial charge is 0.230 e. The molecule has 1 aliphatic heterocycles. The molecule has 2 aliphatic rings. The van der Waals surface area contributed by atoms with Gasteiger partial charge in [-0.25, -0.2) is 0 Å². The summed E-state index contributed by atoms with van der Waals surface area (Å²) in [7, 11) is 0. The van der Waals surface area contributed by atoms with E-state index < -0.39 is 0 Å². The van der Waals surface area contributed by atoms with Gasteiger partial charge < -0.3 is 5.32 Å². The lowest BCUT2D eigenvalue weighted by Gasteiger charge is -2.35. The van der Waals surface area contributed by atoms with Crippen LogP contribution in [0.5, 0.6) is 0 Å². The van der Waals surface area contributed by atoms with Crippen LogP contribution in [0.2, 0.25) is 0 Å². The largest absolute Gasteiger partial charge is 0.354 e. The number of hydrogen-bond acceptors (Lipinski definition) is 2. The van der Waals surface area contributed by atoms with Crippen LogP contribution in [0, 0.1) is 5.92 Å². The second-order valence-corrected chi connectivity index (χ2v) is 8.28. The maximum absolute atomic E-state index is 12.7. The van der Waals surface area contributed by atoms with E-state index in [0.29, 0.717) is 6.04 Å². The summed E-state index contributed by atoms with van der Waals surface area (Å²) in [5.41, 5.74) is 0.884. The molecule has 0 radical (unpaired) electrons. The Morgan fingerprint density at radius 3 is 2.48 bits per heavy atom. The van der Waals surface area contributed by atoms with E-state index >= 15 is 0 Å². The Labute approximate surface area is 148 Å². The highest BCUT2D eigenvalue weighted by Gasteiger charge is 2.51. The molecule has 1 N–H and O–H groups in total. The normalized spacial score (nSPS) is 22.6. The van der Waals surface area contributed by atoms with Gasteiger partial charge in [0.05, 0.1) is 5.41 Å². The second-order valence-electron chi connectivity index (χ2n) is 7.37. The summed E-state index contributed by atoms with van der Waals surface area (Å²) >= 11 is 3.46. The number of halogens is 1. The van der Waals surface area contributed by atoms with Crippen LogP contribution in [0.15, 0.2) is 28.7 Å². The molecule has 0 bridgehead atoms. The molecule has 4 heteroatoms. The van der Waals surface area contributed by atoms with Crippen LogP contribution >= 0.6 is 15.9 Å². The Kier molecular flexibility index (Phi) is 5.12. The third-order valence-electron chi connectivity index (χ3n) is 5.58. The number of carbonyl (C=O) groups excluding carboxylic acids is 1. The van der Waals surface area contributed by atoms with Crippen molar-refractivity contribution in [2.45, 2.75) is 51.0 Å². The summed E-state index contributed by atoms with van der Waals surface area (Å²) in [6.07, 6.45) is 4.49. The van der Waals surface area contributed by atoms with Crippen molar-refractivity contribution in [2.75, 3.05) is 19.6 Å². The Hall–Kier alpha value is -0.870. The molecule has 1 aromatic carbocycles. The fourth-order valence-electron chi connectivity index (χ4n) is 3.55. The van der Waals surface area contributed by atoms with Crippen molar-refractivity contribution in [1.82, 2.24) is 10.2 Å². The number of benzene rings is 1. The molecule has 3 rings (SSSR count). The fourth-order valence-corrected chi connectivity index (χ4v) is 3.81. The van der Waals surface area contributed by atoms with Crippen molar-refractivity contribution < 1.29 is 4.79 Å². The molecule has 1 aromatic rings. The molecule has 2 fully saturated rings. The monoisotopic (exact) mass is 378 g/mol. The first kappa shape index (κ1) is 17.0. The average Bonchev–Trinajstić information content (AvgIpc) is 3.35. The summed E-state index contributed by atoms with van der Waals surface area (Å²) < 4.78 is 1.06. The number of nitrogens with one attached hydrogen (secondary N) is 1. The van der Waals surface area contributed by atoms with Gasteiger partial charge in [0.15, 0.2) is 0 Å². The van der Waals surface area contributed by atoms with Gasteiger partial charge in [-0.15, -0.1) is 0 Å². The van der Waals surface area contributed by atoms with Crippen LogP contribution in [0.1, 0.15) is 45.1 Å². The van der Waals surface area contributed by atoms with Gasteiger partial charge >= 0.3 is 0 Å². The molecule has 1 amide bonds. The predicted molar refractivity (Wildman–Crippen MR) is 97.5 cm³/mol. The number of piperidine rings is 1. The molecule has 0 unspecified atom stereocenters. The number of hydrogen-bond donors (Lipinski definition) is 1. The van der Waals surface area contributed by atoms with Crippen LogP contribution in [-0.4, -0.2) is 36.5 Å². The third kappa shape index (κ3) is 3.80. The van der Waals surface area contributed by atoms with E-state index in [1.165, 1.54) is 12.8 Å². The highest BCUT2D eigenvalue weighted by molar-refractivity contribution is 9.10. The molecule has 1 saturated carbocycles. The molecule has 126 valence electrons. The molecule has 0 spiro atoms. The van der Waals surface area contributed by atoms with Crippen molar-refractivity contribution in [1.29, 1.82) is 0 Å². The lowest BCUT2D eigenvalue weighted by Crippen LogP contribution is -2.47. The lowest BCUT2D eigenvalue weighted by molar-refractivity contribution is -0.123. The number of likely N-dealkylation sites (tertiary alicyclic amines) is 1. The van der Waals surface area contributed by atoms with Gasteiger partial charge in [-0.05, 0) is 69.3 Å². The summed E-state index contributed by atoms with van der Waals surface area (Å²) in [5, 5.41) is 3.21. The molecule has 3 nitrogen and oxygen atoms in total. The summed E-state index contributed by atoms with van der Waals surface area (Å²) in [6.45, 7) is 7.64. The highest BCUT2D eigenvalue weighted by Crippen LogP contribution is 2.48. The minimum absolute atomic E-state index is 0.206. The zero-order chi connectivity index (χ0) is 16.4. The van der Waals surface area contributed by atoms with Crippen molar-refractivity contribution in [3.8, 4) is 0 Å². The maximum atomic E-state index is 12.7. The molecule has 1 atom stereocenters. The topological polar surface area (TPSA) is 32.3 Å². The second kappa shape index (κ2) is 6.94. The summed E-state index contributed by atoms with van der Waals surface area (Å²) in [6, 6.07) is 8.63. The number of rotatable bonds is 5. The van der Waals surface area contributed by atoms with Crippen LogP contribution in [0.3, 0.4) is 0 Å². The maximum Gasteiger partial charge on any atom is 0.230 e. The van der Waals surface area contributed by atoms with Crippen molar-refractivity contribution >= 4 is 21.8 Å². The quantitative estimate of drug-likeness (QED) is 0.846. The Morgan fingerprint density at radius 2 is 1.91 bits per heavy atom. The zero-order valence-electron chi connectivity index (χ0n) is 14.1. The van der Waals surface area contributed by atoms with Gasteiger partial charge in [0.1, 0.15) is 0 Å². The summed E-state index contributed by atoms with van der Waals surface area (Å²) in [4.78, 5) is 15.2. The van der Waals surface area contributed by atoms with E-state index in [-0.39, 0.29) is 11.3 Å². The minimum atomic E-state index is -0.267. The first-order valence-corrected chi connectivity index (χ1v) is 9.59. The molecular formula is C19H27BrN2O. The lowest BCUT2D eigenvalue weighted by atomic mass is 9.95. The minimum Gasteiger partial charge on any atom is -0.354 e. The average molecular weight is 379 g/mol. The third-order valence-corrected chi connectivity index (χ3v) is 6.11. The molecule has 1 aliphatic carbocycles. The van der Waals surface area contributed by atoms with E-state index in [1.54, 1.807) is 0 Å². The standard InChI is InChI=1S/C19H27BrN2O/c1-14-7-11-22(12-8-14)15(2)13-21-18(23)19(9-10-19)16-3-5-17(20)6-4-16/h3-6,14-15H,7-13H2,1-2H3,(H,21,23)/t15-/m0/s1. The number of carbonyl (C=O) groups is 1. The van der Waals surface area contributed by atoms with Gasteiger partial charge in [0.2, 0.25) is 5.91 Å². The molecule has 1 heterocycles.